The molecule has 0 unspecified atom stereocenters. The van der Waals surface area contributed by atoms with Crippen molar-refractivity contribution in [3.63, 3.8) is 0 Å². The van der Waals surface area contributed by atoms with E-state index in [1.54, 1.807) is 0 Å². The van der Waals surface area contributed by atoms with Crippen LogP contribution >= 0.6 is 0 Å². The highest BCUT2D eigenvalue weighted by Gasteiger charge is 2.49. The van der Waals surface area contributed by atoms with Gasteiger partial charge in [0, 0.05) is 10.9 Å². The Labute approximate surface area is 151 Å². The Morgan fingerprint density at radius 3 is 2.88 bits per heavy atom. The van der Waals surface area contributed by atoms with Gasteiger partial charge < -0.3 is 4.98 Å². The Morgan fingerprint density at radius 1 is 1.35 bits per heavy atom. The first-order valence-electron chi connectivity index (χ1n) is 9.20. The van der Waals surface area contributed by atoms with Crippen molar-refractivity contribution in [1.82, 2.24) is 14.6 Å². The average Bonchev–Trinajstić information content (AvgIpc) is 3.00. The van der Waals surface area contributed by atoms with Crippen molar-refractivity contribution in [3.8, 4) is 0 Å². The van der Waals surface area contributed by atoms with E-state index in [9.17, 15) is 4.79 Å². The average molecular weight is 346 g/mol. The lowest BCUT2D eigenvalue weighted by Gasteiger charge is -2.54. The van der Waals surface area contributed by atoms with E-state index in [0.717, 1.165) is 28.8 Å². The quantitative estimate of drug-likeness (QED) is 0.713. The number of hydrogen-bond donors (Lipinski definition) is 1. The van der Waals surface area contributed by atoms with Crippen LogP contribution in [0.2, 0.25) is 0 Å². The van der Waals surface area contributed by atoms with Crippen molar-refractivity contribution in [2.24, 2.45) is 22.4 Å². The summed E-state index contributed by atoms with van der Waals surface area (Å²) in [6.45, 7) is 6.52. The molecular weight excluding hydrogens is 324 g/mol. The number of nitrogens with zero attached hydrogens (tertiary/aromatic N) is 3. The van der Waals surface area contributed by atoms with Gasteiger partial charge in [0.15, 0.2) is 0 Å². The van der Waals surface area contributed by atoms with Crippen LogP contribution in [-0.4, -0.2) is 20.9 Å². The Morgan fingerprint density at radius 2 is 2.15 bits per heavy atom. The van der Waals surface area contributed by atoms with Crippen LogP contribution < -0.4 is 5.56 Å². The minimum Gasteiger partial charge on any atom is -0.349 e. The van der Waals surface area contributed by atoms with Gasteiger partial charge in [0.05, 0.1) is 6.21 Å². The van der Waals surface area contributed by atoms with Gasteiger partial charge in [-0.15, -0.1) is 0 Å². The number of para-hydroxylation sites is 1. The fraction of sp³-hybridized carbons (Fsp3) is 0.381. The molecule has 5 heteroatoms. The minimum absolute atomic E-state index is 0.151. The predicted octanol–water partition coefficient (Wildman–Crippen LogP) is 4.01. The summed E-state index contributed by atoms with van der Waals surface area (Å²) >= 11 is 0. The number of allylic oxidation sites excluding steroid dienone is 2. The largest absolute Gasteiger partial charge is 0.349 e. The zero-order chi connectivity index (χ0) is 18.1. The number of aromatic nitrogens is 3. The summed E-state index contributed by atoms with van der Waals surface area (Å²) in [5.41, 5.74) is 3.64. The summed E-state index contributed by atoms with van der Waals surface area (Å²) in [5.74, 6) is 1.96. The molecule has 1 fully saturated rings. The summed E-state index contributed by atoms with van der Waals surface area (Å²) in [7, 11) is 0. The van der Waals surface area contributed by atoms with Crippen molar-refractivity contribution in [2.45, 2.75) is 33.6 Å². The third kappa shape index (κ3) is 2.06. The first-order valence-corrected chi connectivity index (χ1v) is 9.20. The lowest BCUT2D eigenvalue weighted by Crippen LogP contribution is -2.46. The molecule has 2 heterocycles. The third-order valence-corrected chi connectivity index (χ3v) is 6.45. The second-order valence-corrected chi connectivity index (χ2v) is 8.22. The Bertz CT molecular complexity index is 1160. The van der Waals surface area contributed by atoms with Crippen molar-refractivity contribution in [1.29, 1.82) is 0 Å². The van der Waals surface area contributed by atoms with Gasteiger partial charge in [-0.25, -0.2) is 4.98 Å². The molecule has 2 aromatic heterocycles. The summed E-state index contributed by atoms with van der Waals surface area (Å²) < 4.78 is 1.41. The Kier molecular flexibility index (Phi) is 3.09. The van der Waals surface area contributed by atoms with Gasteiger partial charge in [0.25, 0.3) is 5.56 Å². The fourth-order valence-corrected chi connectivity index (χ4v) is 4.52. The maximum absolute atomic E-state index is 12.9. The van der Waals surface area contributed by atoms with Crippen LogP contribution in [0.5, 0.6) is 0 Å². The molecule has 0 saturated heterocycles. The zero-order valence-electron chi connectivity index (χ0n) is 15.3. The van der Waals surface area contributed by atoms with Crippen LogP contribution in [-0.2, 0) is 0 Å². The van der Waals surface area contributed by atoms with E-state index in [-0.39, 0.29) is 5.56 Å². The van der Waals surface area contributed by atoms with Crippen LogP contribution in [0.1, 0.15) is 32.5 Å². The molecule has 2 atom stereocenters. The van der Waals surface area contributed by atoms with E-state index in [4.69, 9.17) is 0 Å². The smallest absolute Gasteiger partial charge is 0.298 e. The normalized spacial score (nSPS) is 24.2. The number of H-pyrrole nitrogens is 1. The van der Waals surface area contributed by atoms with Gasteiger partial charge in [-0.2, -0.15) is 9.78 Å². The molecule has 3 aliphatic rings. The molecule has 6 rings (SSSR count). The number of aromatic amines is 1. The van der Waals surface area contributed by atoms with E-state index >= 15 is 0 Å². The molecule has 0 aliphatic heterocycles. The van der Waals surface area contributed by atoms with Crippen molar-refractivity contribution >= 4 is 28.2 Å². The number of nitrogens with one attached hydrogen (secondary N) is 1. The molecule has 1 saturated carbocycles. The van der Waals surface area contributed by atoms with E-state index in [2.05, 4.69) is 35.0 Å². The van der Waals surface area contributed by atoms with Crippen LogP contribution in [0.15, 0.2) is 45.8 Å². The second kappa shape index (κ2) is 5.16. The van der Waals surface area contributed by atoms with Crippen molar-refractivity contribution in [2.75, 3.05) is 0 Å². The van der Waals surface area contributed by atoms with Gasteiger partial charge in [-0.3, -0.25) is 4.79 Å². The Balaban J connectivity index is 1.58. The van der Waals surface area contributed by atoms with E-state index in [1.165, 1.54) is 16.7 Å². The number of aryl methyl sites for hydroxylation is 1. The molecule has 1 N–H and O–H groups in total. The van der Waals surface area contributed by atoms with Gasteiger partial charge in [0.1, 0.15) is 16.9 Å². The maximum atomic E-state index is 12.9. The van der Waals surface area contributed by atoms with Gasteiger partial charge >= 0.3 is 0 Å². The minimum atomic E-state index is -0.151. The molecule has 3 aliphatic carbocycles. The van der Waals surface area contributed by atoms with Gasteiger partial charge in [-0.05, 0) is 48.7 Å². The van der Waals surface area contributed by atoms with Crippen LogP contribution in [0, 0.1) is 24.2 Å². The third-order valence-electron chi connectivity index (χ3n) is 6.45. The Hall–Kier alpha value is -2.69. The standard InChI is InChI=1S/C21H22N4O/c1-12-23-18-16-6-4-5-7-17(16)24-19(18)20(26)25(12)22-11-13-8-14-10-15(9-13)21(14,2)3/h4-8,11,14-15,24H,9-10H2,1-3H3/b22-11-/t14-,15+/m0/s1. The number of hydrogen-bond acceptors (Lipinski definition) is 3. The molecule has 5 nitrogen and oxygen atoms in total. The summed E-state index contributed by atoms with van der Waals surface area (Å²) in [6, 6.07) is 7.84. The number of fused-ring (bicyclic) bond motifs is 4. The molecular formula is C21H22N4O. The number of benzene rings is 1. The van der Waals surface area contributed by atoms with Crippen LogP contribution in [0.25, 0.3) is 21.9 Å². The molecule has 2 bridgehead atoms. The molecule has 1 aromatic carbocycles. The highest BCUT2D eigenvalue weighted by Crippen LogP contribution is 2.57. The van der Waals surface area contributed by atoms with Crippen LogP contribution in [0.3, 0.4) is 0 Å². The molecule has 26 heavy (non-hydrogen) atoms. The summed E-state index contributed by atoms with van der Waals surface area (Å²) in [5, 5.41) is 5.45. The monoisotopic (exact) mass is 346 g/mol. The van der Waals surface area contributed by atoms with Gasteiger partial charge in [-0.1, -0.05) is 38.1 Å². The molecule has 3 aromatic rings. The summed E-state index contributed by atoms with van der Waals surface area (Å²) in [4.78, 5) is 20.8. The van der Waals surface area contributed by atoms with E-state index in [1.807, 2.05) is 37.4 Å². The van der Waals surface area contributed by atoms with Gasteiger partial charge in [0.2, 0.25) is 0 Å². The lowest BCUT2D eigenvalue weighted by atomic mass is 9.50. The topological polar surface area (TPSA) is 63.0 Å². The van der Waals surface area contributed by atoms with Crippen LogP contribution in [0.4, 0.5) is 0 Å². The first kappa shape index (κ1) is 15.6. The SMILES string of the molecule is Cc1nc2c([nH]c3ccccc32)c(=O)n1/N=C\C1=C[C@H]2C[C@@H](C1)C2(C)C. The van der Waals surface area contributed by atoms with Crippen molar-refractivity contribution in [3.05, 3.63) is 52.1 Å². The van der Waals surface area contributed by atoms with E-state index in [0.29, 0.717) is 22.7 Å². The predicted molar refractivity (Wildman–Crippen MR) is 105 cm³/mol. The first-order chi connectivity index (χ1) is 12.4. The summed E-state index contributed by atoms with van der Waals surface area (Å²) in [6.07, 6.45) is 6.51. The molecule has 0 radical (unpaired) electrons. The maximum Gasteiger partial charge on any atom is 0.298 e. The van der Waals surface area contributed by atoms with Crippen molar-refractivity contribution < 1.29 is 0 Å². The van der Waals surface area contributed by atoms with E-state index < -0.39 is 0 Å². The zero-order valence-corrected chi connectivity index (χ0v) is 15.3. The molecule has 0 amide bonds. The molecule has 0 spiro atoms. The highest BCUT2D eigenvalue weighted by atomic mass is 16.1. The fourth-order valence-electron chi connectivity index (χ4n) is 4.52. The lowest BCUT2D eigenvalue weighted by molar-refractivity contribution is 0.00130. The number of rotatable bonds is 2. The highest BCUT2D eigenvalue weighted by molar-refractivity contribution is 6.04. The second-order valence-electron chi connectivity index (χ2n) is 8.22. The molecule has 132 valence electrons.